The molecule has 0 N–H and O–H groups in total. The second kappa shape index (κ2) is 9.07. The second-order valence-electron chi connectivity index (χ2n) is 8.82. The maximum absolute atomic E-state index is 2.50. The quantitative estimate of drug-likeness (QED) is 0.684. The Kier molecular flexibility index (Phi) is 5.86. The van der Waals surface area contributed by atoms with Gasteiger partial charge in [0.2, 0.25) is 0 Å². The van der Waals surface area contributed by atoms with Crippen LogP contribution >= 0.6 is 0 Å². The zero-order valence-electron chi connectivity index (χ0n) is 18.5. The molecule has 2 heterocycles. The van der Waals surface area contributed by atoms with Gasteiger partial charge in [0.15, 0.2) is 5.71 Å². The summed E-state index contributed by atoms with van der Waals surface area (Å²) in [5, 5.41) is 0. The van der Waals surface area contributed by atoms with E-state index in [2.05, 4.69) is 100 Å². The zero-order chi connectivity index (χ0) is 21.0. The predicted octanol–water partition coefficient (Wildman–Crippen LogP) is 4.61. The number of allylic oxidation sites excluding steroid dienone is 5. The van der Waals surface area contributed by atoms with Crippen molar-refractivity contribution in [3.63, 3.8) is 0 Å². The molecule has 0 unspecified atom stereocenters. The number of hydrogen-bond acceptors (Lipinski definition) is 2. The summed E-state index contributed by atoms with van der Waals surface area (Å²) in [5.41, 5.74) is 7.80. The van der Waals surface area contributed by atoms with E-state index in [1.54, 1.807) is 0 Å². The minimum absolute atomic E-state index is 1.10. The average Bonchev–Trinajstić information content (AvgIpc) is 3.37. The molecule has 2 fully saturated rings. The van der Waals surface area contributed by atoms with Gasteiger partial charge in [0, 0.05) is 56.9 Å². The van der Waals surface area contributed by atoms with E-state index in [0.29, 0.717) is 0 Å². The average molecular weight is 411 g/mol. The van der Waals surface area contributed by atoms with E-state index in [4.69, 9.17) is 0 Å². The van der Waals surface area contributed by atoms with E-state index in [1.807, 2.05) is 0 Å². The van der Waals surface area contributed by atoms with Crippen LogP contribution in [0.2, 0.25) is 0 Å². The lowest BCUT2D eigenvalue weighted by molar-refractivity contribution is -0.504. The van der Waals surface area contributed by atoms with Gasteiger partial charge in [0.25, 0.3) is 0 Å². The maximum Gasteiger partial charge on any atom is 0.199 e. The molecule has 0 spiro atoms. The predicted molar refractivity (Wildman–Crippen MR) is 131 cm³/mol. The fourth-order valence-corrected chi connectivity index (χ4v) is 4.82. The highest BCUT2D eigenvalue weighted by molar-refractivity contribution is 6.04. The van der Waals surface area contributed by atoms with Crippen LogP contribution in [0.1, 0.15) is 24.0 Å². The maximum atomic E-state index is 2.50. The molecule has 158 valence electrons. The summed E-state index contributed by atoms with van der Waals surface area (Å²) in [6, 6.07) is 20.0. The summed E-state index contributed by atoms with van der Waals surface area (Å²) in [6.45, 7) is 6.83. The topological polar surface area (TPSA) is 9.49 Å². The molecule has 31 heavy (non-hydrogen) atoms. The van der Waals surface area contributed by atoms with E-state index in [1.165, 1.54) is 59.6 Å². The van der Waals surface area contributed by atoms with Crippen LogP contribution in [-0.2, 0) is 0 Å². The second-order valence-corrected chi connectivity index (χ2v) is 8.82. The highest BCUT2D eigenvalue weighted by atomic mass is 15.2. The highest BCUT2D eigenvalue weighted by Crippen LogP contribution is 2.31. The zero-order valence-corrected chi connectivity index (χ0v) is 18.5. The van der Waals surface area contributed by atoms with Gasteiger partial charge in [-0.1, -0.05) is 42.5 Å². The molecule has 3 nitrogen and oxygen atoms in total. The number of likely N-dealkylation sites (N-methyl/N-ethyl adjacent to an activating group) is 1. The largest absolute Gasteiger partial charge is 0.369 e. The summed E-state index contributed by atoms with van der Waals surface area (Å²) in [5.74, 6) is 0. The van der Waals surface area contributed by atoms with E-state index >= 15 is 0 Å². The Morgan fingerprint density at radius 2 is 1.32 bits per heavy atom. The molecule has 2 aromatic carbocycles. The fraction of sp³-hybridized carbons (Fsp3) is 0.321. The number of benzene rings is 2. The van der Waals surface area contributed by atoms with Crippen LogP contribution in [0.4, 0.5) is 5.69 Å². The molecule has 1 aliphatic carbocycles. The first-order valence-electron chi connectivity index (χ1n) is 11.6. The van der Waals surface area contributed by atoms with Gasteiger partial charge in [-0.15, -0.1) is 0 Å². The van der Waals surface area contributed by atoms with Crippen molar-refractivity contribution in [1.82, 2.24) is 4.90 Å². The molecule has 3 heteroatoms. The van der Waals surface area contributed by atoms with E-state index in [0.717, 1.165) is 26.2 Å². The van der Waals surface area contributed by atoms with Crippen LogP contribution in [0, 0.1) is 0 Å². The fourth-order valence-electron chi connectivity index (χ4n) is 4.82. The van der Waals surface area contributed by atoms with Crippen molar-refractivity contribution in [2.75, 3.05) is 51.2 Å². The molecule has 2 saturated heterocycles. The minimum Gasteiger partial charge on any atom is -0.369 e. The number of rotatable bonds is 3. The van der Waals surface area contributed by atoms with Gasteiger partial charge in [0.05, 0.1) is 0 Å². The van der Waals surface area contributed by atoms with Gasteiger partial charge in [0.1, 0.15) is 13.1 Å². The Balaban J connectivity index is 1.48. The molecule has 3 aliphatic rings. The number of piperazine rings is 1. The lowest BCUT2D eigenvalue weighted by Gasteiger charge is -2.34. The number of nitrogens with zero attached hydrogens (tertiary/aromatic N) is 3. The Morgan fingerprint density at radius 3 is 1.97 bits per heavy atom. The molecular weight excluding hydrogens is 378 g/mol. The van der Waals surface area contributed by atoms with Crippen molar-refractivity contribution in [3.05, 3.63) is 95.6 Å². The summed E-state index contributed by atoms with van der Waals surface area (Å²) in [6.07, 6.45) is 11.8. The van der Waals surface area contributed by atoms with Crippen molar-refractivity contribution >= 4 is 17.0 Å². The molecule has 0 aromatic heterocycles. The number of hydrogen-bond donors (Lipinski definition) is 0. The van der Waals surface area contributed by atoms with Gasteiger partial charge in [-0.2, -0.15) is 0 Å². The molecule has 0 saturated carbocycles. The summed E-state index contributed by atoms with van der Waals surface area (Å²) >= 11 is 0. The molecule has 0 amide bonds. The summed E-state index contributed by atoms with van der Waals surface area (Å²) in [4.78, 5) is 4.90. The van der Waals surface area contributed by atoms with E-state index < -0.39 is 0 Å². The molecular formula is C28H32N3+. The van der Waals surface area contributed by atoms with Crippen LogP contribution in [0.5, 0.6) is 0 Å². The van der Waals surface area contributed by atoms with Crippen LogP contribution in [0.15, 0.2) is 84.5 Å². The van der Waals surface area contributed by atoms with Crippen molar-refractivity contribution in [1.29, 1.82) is 0 Å². The number of anilines is 1. The SMILES string of the molecule is CN1CCN(c2ccc(C(=C3C=CC(=[N+]4CCCC4)C=C3)c3ccccc3)cc2)CC1. The molecule has 0 bridgehead atoms. The van der Waals surface area contributed by atoms with Crippen molar-refractivity contribution < 1.29 is 4.58 Å². The summed E-state index contributed by atoms with van der Waals surface area (Å²) in [7, 11) is 2.20. The van der Waals surface area contributed by atoms with E-state index in [9.17, 15) is 0 Å². The van der Waals surface area contributed by atoms with Gasteiger partial charge in [-0.3, -0.25) is 0 Å². The Hall–Kier alpha value is -2.91. The van der Waals surface area contributed by atoms with Crippen LogP contribution in [0.25, 0.3) is 5.57 Å². The van der Waals surface area contributed by atoms with Crippen LogP contribution in [0.3, 0.4) is 0 Å². The Morgan fingerprint density at radius 1 is 0.710 bits per heavy atom. The molecule has 0 atom stereocenters. The van der Waals surface area contributed by atoms with Crippen LogP contribution < -0.4 is 4.90 Å². The van der Waals surface area contributed by atoms with Crippen molar-refractivity contribution in [2.24, 2.45) is 0 Å². The third-order valence-electron chi connectivity index (χ3n) is 6.71. The first-order valence-corrected chi connectivity index (χ1v) is 11.6. The normalized spacial score (nSPS) is 19.4. The minimum atomic E-state index is 1.10. The van der Waals surface area contributed by atoms with Gasteiger partial charge >= 0.3 is 0 Å². The van der Waals surface area contributed by atoms with Gasteiger partial charge in [-0.25, -0.2) is 4.58 Å². The standard InChI is InChI=1S/C28H32N3/c1-29-19-21-31(22-20-29)27-15-11-25(12-16-27)28(23-7-3-2-4-8-23)24-9-13-26(14-10-24)30-17-5-6-18-30/h2-4,7-16H,5-6,17-22H2,1H3/q+1. The third-order valence-corrected chi connectivity index (χ3v) is 6.71. The van der Waals surface area contributed by atoms with Crippen molar-refractivity contribution in [2.45, 2.75) is 12.8 Å². The van der Waals surface area contributed by atoms with Gasteiger partial charge in [-0.05, 0) is 53.6 Å². The smallest absolute Gasteiger partial charge is 0.199 e. The monoisotopic (exact) mass is 410 g/mol. The highest BCUT2D eigenvalue weighted by Gasteiger charge is 2.19. The molecule has 0 radical (unpaired) electrons. The molecule has 5 rings (SSSR count). The lowest BCUT2D eigenvalue weighted by Crippen LogP contribution is -2.44. The first-order chi connectivity index (χ1) is 15.3. The van der Waals surface area contributed by atoms with Gasteiger partial charge < -0.3 is 9.80 Å². The Bertz CT molecular complexity index is 1010. The molecule has 2 aromatic rings. The lowest BCUT2D eigenvalue weighted by atomic mass is 9.90. The van der Waals surface area contributed by atoms with E-state index in [-0.39, 0.29) is 0 Å². The Labute approximate surface area is 186 Å². The first kappa shape index (κ1) is 20.0. The summed E-state index contributed by atoms with van der Waals surface area (Å²) < 4.78 is 2.50. The third kappa shape index (κ3) is 4.42. The van der Waals surface area contributed by atoms with Crippen LogP contribution in [-0.4, -0.2) is 61.5 Å². The van der Waals surface area contributed by atoms with Crippen molar-refractivity contribution in [3.8, 4) is 0 Å². The molecule has 2 aliphatic heterocycles.